The van der Waals surface area contributed by atoms with Crippen molar-refractivity contribution < 1.29 is 17.9 Å². The van der Waals surface area contributed by atoms with Gasteiger partial charge in [0.2, 0.25) is 5.91 Å². The Labute approximate surface area is 255 Å². The zero-order valence-electron chi connectivity index (χ0n) is 25.4. The molecule has 1 saturated heterocycles. The highest BCUT2D eigenvalue weighted by Gasteiger charge is 2.52. The molecule has 2 bridgehead atoms. The quantitative estimate of drug-likeness (QED) is 0.298. The summed E-state index contributed by atoms with van der Waals surface area (Å²) in [7, 11) is -1.13. The summed E-state index contributed by atoms with van der Waals surface area (Å²) in [4.78, 5) is 16.6. The second-order valence-corrected chi connectivity index (χ2v) is 15.8. The van der Waals surface area contributed by atoms with Crippen LogP contribution in [0.25, 0.3) is 11.1 Å². The van der Waals surface area contributed by atoms with E-state index in [0.717, 1.165) is 74.7 Å². The van der Waals surface area contributed by atoms with Crippen molar-refractivity contribution in [1.29, 1.82) is 0 Å². The Bertz CT molecular complexity index is 1590. The molecule has 5 aliphatic rings. The van der Waals surface area contributed by atoms with Crippen molar-refractivity contribution in [3.8, 4) is 11.1 Å². The third-order valence-electron chi connectivity index (χ3n) is 10.9. The summed E-state index contributed by atoms with van der Waals surface area (Å²) in [6.45, 7) is 2.02. The maximum Gasteiger partial charge on any atom is 0.230 e. The van der Waals surface area contributed by atoms with Gasteiger partial charge in [-0.3, -0.25) is 9.48 Å². The number of hydrogen-bond acceptors (Lipinski definition) is 5. The molecule has 5 fully saturated rings. The number of amides is 1. The molecule has 228 valence electrons. The molecule has 3 aromatic rings. The molecule has 4 aliphatic carbocycles. The Morgan fingerprint density at radius 3 is 2.23 bits per heavy atom. The number of rotatable bonds is 8. The van der Waals surface area contributed by atoms with Crippen molar-refractivity contribution >= 4 is 21.4 Å². The lowest BCUT2D eigenvalue weighted by atomic mass is 9.52. The highest BCUT2D eigenvalue weighted by atomic mass is 32.2. The van der Waals surface area contributed by atoms with Crippen molar-refractivity contribution in [2.24, 2.45) is 18.4 Å². The first-order valence-corrected chi connectivity index (χ1v) is 17.9. The van der Waals surface area contributed by atoms with E-state index in [1.807, 2.05) is 24.3 Å². The van der Waals surface area contributed by atoms with Gasteiger partial charge in [-0.25, -0.2) is 8.42 Å². The predicted octanol–water partition coefficient (Wildman–Crippen LogP) is 6.42. The molecule has 43 heavy (non-hydrogen) atoms. The van der Waals surface area contributed by atoms with Crippen LogP contribution in [-0.4, -0.2) is 50.1 Å². The smallest absolute Gasteiger partial charge is 0.230 e. The van der Waals surface area contributed by atoms with E-state index in [2.05, 4.69) is 34.8 Å². The maximum absolute atomic E-state index is 14.2. The molecule has 0 radical (unpaired) electrons. The Kier molecular flexibility index (Phi) is 7.28. The summed E-state index contributed by atoms with van der Waals surface area (Å²) in [6, 6.07) is 17.7. The molecule has 2 heterocycles. The Morgan fingerprint density at radius 2 is 1.60 bits per heavy atom. The first-order valence-electron chi connectivity index (χ1n) is 16.0. The largest absolute Gasteiger partial charge is 0.381 e. The monoisotopic (exact) mass is 601 g/mol. The molecule has 8 heteroatoms. The molecule has 4 saturated carbocycles. The van der Waals surface area contributed by atoms with E-state index in [1.54, 1.807) is 12.1 Å². The van der Waals surface area contributed by atoms with E-state index >= 15 is 0 Å². The minimum atomic E-state index is -3.26. The van der Waals surface area contributed by atoms with Gasteiger partial charge in [-0.2, -0.15) is 5.10 Å². The Hall–Kier alpha value is -2.97. The van der Waals surface area contributed by atoms with Crippen molar-refractivity contribution in [2.75, 3.05) is 30.9 Å². The Balaban J connectivity index is 1.16. The van der Waals surface area contributed by atoms with Gasteiger partial charge in [-0.05, 0) is 111 Å². The van der Waals surface area contributed by atoms with Crippen LogP contribution in [0.15, 0.2) is 59.5 Å². The van der Waals surface area contributed by atoms with Crippen molar-refractivity contribution in [2.45, 2.75) is 80.4 Å². The molecule has 0 atom stereocenters. The lowest BCUT2D eigenvalue weighted by Gasteiger charge is -2.54. The van der Waals surface area contributed by atoms with E-state index < -0.39 is 9.84 Å². The second-order valence-electron chi connectivity index (χ2n) is 13.8. The number of anilines is 1. The standard InChI is InChI=1S/C35H43N3O4S/c1-37-32(23-31(36-37)26-6-7-26)35-17-14-34(15-18-35,16-19-35)24-38(33(39)27-12-20-42-21-13-27)29-5-3-4-28(22-29)25-8-10-30(11-9-25)43(2,40)41/h3-5,8-11,22-23,26-27H,6-7,12-21,24H2,1-2H3. The summed E-state index contributed by atoms with van der Waals surface area (Å²) < 4.78 is 31.8. The van der Waals surface area contributed by atoms with Gasteiger partial charge < -0.3 is 9.64 Å². The van der Waals surface area contributed by atoms with Gasteiger partial charge in [0.05, 0.1) is 10.6 Å². The number of fused-ring (bicyclic) bond motifs is 3. The molecule has 1 aromatic heterocycles. The van der Waals surface area contributed by atoms with Crippen LogP contribution >= 0.6 is 0 Å². The van der Waals surface area contributed by atoms with E-state index in [-0.39, 0.29) is 22.7 Å². The van der Waals surface area contributed by atoms with Crippen molar-refractivity contribution in [3.63, 3.8) is 0 Å². The van der Waals surface area contributed by atoms with Crippen LogP contribution < -0.4 is 4.90 Å². The summed E-state index contributed by atoms with van der Waals surface area (Å²) >= 11 is 0. The number of sulfone groups is 1. The average Bonchev–Trinajstić information content (AvgIpc) is 3.81. The van der Waals surface area contributed by atoms with Gasteiger partial charge >= 0.3 is 0 Å². The van der Waals surface area contributed by atoms with E-state index in [0.29, 0.717) is 24.0 Å². The fourth-order valence-corrected chi connectivity index (χ4v) is 8.62. The number of hydrogen-bond donors (Lipinski definition) is 0. The topological polar surface area (TPSA) is 81.5 Å². The summed E-state index contributed by atoms with van der Waals surface area (Å²) in [5, 5.41) is 4.91. The summed E-state index contributed by atoms with van der Waals surface area (Å²) in [5.41, 5.74) is 5.89. The SMILES string of the molecule is Cn1nc(C2CC2)cc1C12CCC(CN(C(=O)C3CCOCC3)c3cccc(-c4ccc(S(C)(=O)=O)cc4)c3)(CC1)CC2. The van der Waals surface area contributed by atoms with Crippen LogP contribution in [0, 0.1) is 11.3 Å². The average molecular weight is 602 g/mol. The Morgan fingerprint density at radius 1 is 0.930 bits per heavy atom. The second kappa shape index (κ2) is 10.9. The van der Waals surface area contributed by atoms with Crippen LogP contribution in [0.3, 0.4) is 0 Å². The molecule has 0 N–H and O–H groups in total. The van der Waals surface area contributed by atoms with Gasteiger partial charge in [0, 0.05) is 61.7 Å². The first kappa shape index (κ1) is 28.8. The molecular weight excluding hydrogens is 558 g/mol. The minimum Gasteiger partial charge on any atom is -0.381 e. The lowest BCUT2D eigenvalue weighted by Crippen LogP contribution is -2.52. The fourth-order valence-electron chi connectivity index (χ4n) is 7.99. The number of ether oxygens (including phenoxy) is 1. The van der Waals surface area contributed by atoms with Gasteiger partial charge in [0.25, 0.3) is 0 Å². The zero-order chi connectivity index (χ0) is 29.8. The zero-order valence-corrected chi connectivity index (χ0v) is 26.2. The van der Waals surface area contributed by atoms with Gasteiger partial charge in [0.1, 0.15) is 0 Å². The van der Waals surface area contributed by atoms with Crippen LogP contribution in [0.2, 0.25) is 0 Å². The van der Waals surface area contributed by atoms with Crippen LogP contribution in [0.4, 0.5) is 5.69 Å². The maximum atomic E-state index is 14.2. The normalized spacial score (nSPS) is 26.0. The number of benzene rings is 2. The molecule has 1 amide bonds. The van der Waals surface area contributed by atoms with Crippen LogP contribution in [-0.2, 0) is 31.8 Å². The number of carbonyl (C=O) groups is 1. The van der Waals surface area contributed by atoms with E-state index in [9.17, 15) is 13.2 Å². The van der Waals surface area contributed by atoms with E-state index in [4.69, 9.17) is 9.84 Å². The third kappa shape index (κ3) is 5.57. The predicted molar refractivity (Wildman–Crippen MR) is 168 cm³/mol. The highest BCUT2D eigenvalue weighted by Crippen LogP contribution is 2.58. The molecule has 8 rings (SSSR count). The molecule has 1 aliphatic heterocycles. The molecule has 2 aromatic carbocycles. The molecule has 0 unspecified atom stereocenters. The van der Waals surface area contributed by atoms with Crippen molar-refractivity contribution in [3.05, 3.63) is 66.0 Å². The summed E-state index contributed by atoms with van der Waals surface area (Å²) in [5.74, 6) is 0.857. The number of carbonyl (C=O) groups excluding carboxylic acids is 1. The number of aryl methyl sites for hydroxylation is 1. The number of aromatic nitrogens is 2. The molecular formula is C35H43N3O4S. The van der Waals surface area contributed by atoms with Crippen molar-refractivity contribution in [1.82, 2.24) is 9.78 Å². The first-order chi connectivity index (χ1) is 20.6. The third-order valence-corrected chi connectivity index (χ3v) is 12.1. The molecule has 7 nitrogen and oxygen atoms in total. The van der Waals surface area contributed by atoms with Gasteiger partial charge in [0.15, 0.2) is 9.84 Å². The molecule has 0 spiro atoms. The fraction of sp³-hybridized carbons (Fsp3) is 0.543. The number of nitrogens with zero attached hydrogens (tertiary/aromatic N) is 3. The van der Waals surface area contributed by atoms with Crippen LogP contribution in [0.5, 0.6) is 0 Å². The summed E-state index contributed by atoms with van der Waals surface area (Å²) in [6.07, 6.45) is 12.2. The lowest BCUT2D eigenvalue weighted by molar-refractivity contribution is -0.126. The minimum absolute atomic E-state index is 0.0237. The van der Waals surface area contributed by atoms with Gasteiger partial charge in [-0.15, -0.1) is 0 Å². The van der Waals surface area contributed by atoms with E-state index in [1.165, 1.54) is 30.5 Å². The highest BCUT2D eigenvalue weighted by molar-refractivity contribution is 7.90. The van der Waals surface area contributed by atoms with Crippen LogP contribution in [0.1, 0.15) is 81.5 Å². The van der Waals surface area contributed by atoms with Gasteiger partial charge in [-0.1, -0.05) is 24.3 Å².